The van der Waals surface area contributed by atoms with Crippen LogP contribution in [0.4, 0.5) is 5.95 Å². The maximum Gasteiger partial charge on any atom is 0.258 e. The second-order valence-corrected chi connectivity index (χ2v) is 6.87. The van der Waals surface area contributed by atoms with Crippen molar-refractivity contribution >= 4 is 22.9 Å². The van der Waals surface area contributed by atoms with Crippen LogP contribution in [0.15, 0.2) is 67.0 Å². The number of nitrogens with zero attached hydrogens (tertiary/aromatic N) is 3. The lowest BCUT2D eigenvalue weighted by atomic mass is 10.2. The van der Waals surface area contributed by atoms with E-state index in [1.807, 2.05) is 54.8 Å². The summed E-state index contributed by atoms with van der Waals surface area (Å²) in [6.45, 7) is 5.42. The average molecular weight is 416 g/mol. The third-order valence-corrected chi connectivity index (χ3v) is 4.82. The van der Waals surface area contributed by atoms with Gasteiger partial charge in [-0.2, -0.15) is 0 Å². The van der Waals surface area contributed by atoms with Gasteiger partial charge in [0.2, 0.25) is 5.95 Å². The number of imidazole rings is 1. The maximum atomic E-state index is 12.9. The summed E-state index contributed by atoms with van der Waals surface area (Å²) in [6.07, 6.45) is 3.47. The van der Waals surface area contributed by atoms with Crippen molar-refractivity contribution in [1.29, 1.82) is 0 Å². The molecule has 31 heavy (non-hydrogen) atoms. The van der Waals surface area contributed by atoms with Crippen LogP contribution >= 0.6 is 0 Å². The van der Waals surface area contributed by atoms with Crippen LogP contribution in [0.5, 0.6) is 11.5 Å². The zero-order valence-corrected chi connectivity index (χ0v) is 17.5. The first-order chi connectivity index (χ1) is 15.2. The molecule has 0 radical (unpaired) electrons. The molecule has 1 N–H and O–H groups in total. The van der Waals surface area contributed by atoms with Crippen LogP contribution in [-0.4, -0.2) is 27.0 Å². The fourth-order valence-electron chi connectivity index (χ4n) is 3.35. The summed E-state index contributed by atoms with van der Waals surface area (Å²) in [5, 5.41) is 2.92. The van der Waals surface area contributed by atoms with Gasteiger partial charge in [-0.3, -0.25) is 15.1 Å². The van der Waals surface area contributed by atoms with Gasteiger partial charge in [0.25, 0.3) is 5.91 Å². The first-order valence-electron chi connectivity index (χ1n) is 10.2. The lowest BCUT2D eigenvalue weighted by Gasteiger charge is -2.14. The molecule has 4 aromatic rings. The molecule has 2 heterocycles. The Morgan fingerprint density at radius 2 is 1.90 bits per heavy atom. The van der Waals surface area contributed by atoms with E-state index in [-0.39, 0.29) is 5.91 Å². The van der Waals surface area contributed by atoms with Gasteiger partial charge >= 0.3 is 0 Å². The molecule has 0 bridgehead atoms. The first-order valence-corrected chi connectivity index (χ1v) is 10.2. The fraction of sp³-hybridized carbons (Fsp3) is 0.208. The van der Waals surface area contributed by atoms with Crippen LogP contribution in [0.25, 0.3) is 11.0 Å². The number of hydrogen-bond donors (Lipinski definition) is 1. The molecule has 0 unspecified atom stereocenters. The van der Waals surface area contributed by atoms with Crippen molar-refractivity contribution in [2.45, 2.75) is 27.0 Å². The molecule has 7 heteroatoms. The van der Waals surface area contributed by atoms with Crippen molar-refractivity contribution in [2.24, 2.45) is 0 Å². The van der Waals surface area contributed by atoms with Gasteiger partial charge in [0.15, 0.2) is 11.5 Å². The van der Waals surface area contributed by atoms with Gasteiger partial charge in [-0.05, 0) is 50.2 Å². The molecule has 158 valence electrons. The molecule has 0 fully saturated rings. The predicted octanol–water partition coefficient (Wildman–Crippen LogP) is 4.68. The number of anilines is 1. The summed E-state index contributed by atoms with van der Waals surface area (Å²) in [7, 11) is 0. The number of pyridine rings is 1. The number of amides is 1. The molecular weight excluding hydrogens is 392 g/mol. The largest absolute Gasteiger partial charge is 0.490 e. The highest BCUT2D eigenvalue weighted by atomic mass is 16.5. The average Bonchev–Trinajstić information content (AvgIpc) is 3.16. The number of para-hydroxylation sites is 2. The number of ether oxygens (including phenoxy) is 2. The molecule has 4 rings (SSSR count). The van der Waals surface area contributed by atoms with Crippen molar-refractivity contribution in [3.63, 3.8) is 0 Å². The zero-order chi connectivity index (χ0) is 21.6. The van der Waals surface area contributed by atoms with E-state index in [2.05, 4.69) is 15.3 Å². The van der Waals surface area contributed by atoms with Crippen LogP contribution in [0.2, 0.25) is 0 Å². The molecule has 0 atom stereocenters. The molecule has 1 amide bonds. The van der Waals surface area contributed by atoms with Gasteiger partial charge in [-0.15, -0.1) is 0 Å². The van der Waals surface area contributed by atoms with Gasteiger partial charge in [0.1, 0.15) is 6.61 Å². The van der Waals surface area contributed by atoms with E-state index < -0.39 is 0 Å². The van der Waals surface area contributed by atoms with Gasteiger partial charge in [-0.1, -0.05) is 18.2 Å². The van der Waals surface area contributed by atoms with Crippen LogP contribution < -0.4 is 14.8 Å². The smallest absolute Gasteiger partial charge is 0.258 e. The van der Waals surface area contributed by atoms with E-state index in [0.29, 0.717) is 42.8 Å². The van der Waals surface area contributed by atoms with Gasteiger partial charge in [-0.25, -0.2) is 4.98 Å². The normalized spacial score (nSPS) is 10.8. The monoisotopic (exact) mass is 416 g/mol. The number of benzene rings is 2. The van der Waals surface area contributed by atoms with Crippen LogP contribution in [0, 0.1) is 0 Å². The van der Waals surface area contributed by atoms with Crippen LogP contribution in [-0.2, 0) is 13.2 Å². The number of fused-ring (bicyclic) bond motifs is 1. The minimum absolute atomic E-state index is 0.259. The Labute approximate surface area is 180 Å². The van der Waals surface area contributed by atoms with E-state index in [1.165, 1.54) is 0 Å². The second-order valence-electron chi connectivity index (χ2n) is 6.87. The standard InChI is InChI=1S/C24H24N4O3/c1-3-28-20-10-6-5-9-19(20)26-24(28)27-23(29)18-11-12-21(22(14-18)30-4-2)31-16-17-8-7-13-25-15-17/h5-15H,3-4,16H2,1-2H3,(H,26,27,29). The second kappa shape index (κ2) is 9.30. The number of nitrogens with one attached hydrogen (secondary N) is 1. The molecule has 2 aromatic heterocycles. The Bertz CT molecular complexity index is 1190. The SMILES string of the molecule is CCOc1cc(C(=O)Nc2nc3ccccc3n2CC)ccc1OCc1cccnc1. The summed E-state index contributed by atoms with van der Waals surface area (Å²) in [4.78, 5) is 21.6. The summed E-state index contributed by atoms with van der Waals surface area (Å²) < 4.78 is 13.6. The minimum atomic E-state index is -0.259. The number of carbonyl (C=O) groups excluding carboxylic acids is 1. The van der Waals surface area contributed by atoms with Crippen LogP contribution in [0.1, 0.15) is 29.8 Å². The van der Waals surface area contributed by atoms with Crippen LogP contribution in [0.3, 0.4) is 0 Å². The Balaban J connectivity index is 1.55. The number of aromatic nitrogens is 3. The molecule has 0 saturated heterocycles. The Morgan fingerprint density at radius 1 is 1.03 bits per heavy atom. The number of aryl methyl sites for hydroxylation is 1. The lowest BCUT2D eigenvalue weighted by molar-refractivity contribution is 0.102. The first kappa shape index (κ1) is 20.4. The van der Waals surface area contributed by atoms with E-state index in [4.69, 9.17) is 9.47 Å². The third kappa shape index (κ3) is 4.50. The van der Waals surface area contributed by atoms with Crippen molar-refractivity contribution in [2.75, 3.05) is 11.9 Å². The highest BCUT2D eigenvalue weighted by Gasteiger charge is 2.16. The van der Waals surface area contributed by atoms with Gasteiger partial charge < -0.3 is 14.0 Å². The number of hydrogen-bond acceptors (Lipinski definition) is 5. The van der Waals surface area contributed by atoms with Crippen molar-refractivity contribution < 1.29 is 14.3 Å². The summed E-state index contributed by atoms with van der Waals surface area (Å²) in [6, 6.07) is 16.8. The molecule has 2 aromatic carbocycles. The Kier molecular flexibility index (Phi) is 6.12. The quantitative estimate of drug-likeness (QED) is 0.451. The van der Waals surface area contributed by atoms with Gasteiger partial charge in [0, 0.05) is 30.1 Å². The fourth-order valence-corrected chi connectivity index (χ4v) is 3.35. The lowest BCUT2D eigenvalue weighted by Crippen LogP contribution is -2.16. The topological polar surface area (TPSA) is 78.3 Å². The maximum absolute atomic E-state index is 12.9. The minimum Gasteiger partial charge on any atom is -0.490 e. The molecule has 0 aliphatic heterocycles. The van der Waals surface area contributed by atoms with E-state index in [9.17, 15) is 4.79 Å². The van der Waals surface area contributed by atoms with Gasteiger partial charge in [0.05, 0.1) is 17.6 Å². The van der Waals surface area contributed by atoms with E-state index in [0.717, 1.165) is 16.6 Å². The molecule has 0 spiro atoms. The zero-order valence-electron chi connectivity index (χ0n) is 17.5. The highest BCUT2D eigenvalue weighted by Crippen LogP contribution is 2.30. The van der Waals surface area contributed by atoms with E-state index >= 15 is 0 Å². The summed E-state index contributed by atoms with van der Waals surface area (Å²) in [5.41, 5.74) is 3.24. The van der Waals surface area contributed by atoms with E-state index in [1.54, 1.807) is 30.6 Å². The number of carbonyl (C=O) groups is 1. The third-order valence-electron chi connectivity index (χ3n) is 4.82. The molecule has 7 nitrogen and oxygen atoms in total. The molecule has 0 aliphatic carbocycles. The summed E-state index contributed by atoms with van der Waals surface area (Å²) >= 11 is 0. The Hall–Kier alpha value is -3.87. The molecule has 0 saturated carbocycles. The highest BCUT2D eigenvalue weighted by molar-refractivity contribution is 6.04. The molecular formula is C24H24N4O3. The van der Waals surface area contributed by atoms with Crippen molar-refractivity contribution in [1.82, 2.24) is 14.5 Å². The summed E-state index contributed by atoms with van der Waals surface area (Å²) in [5.74, 6) is 1.35. The predicted molar refractivity (Wildman–Crippen MR) is 120 cm³/mol. The Morgan fingerprint density at radius 3 is 2.68 bits per heavy atom. The molecule has 0 aliphatic rings. The van der Waals surface area contributed by atoms with Crippen molar-refractivity contribution in [3.8, 4) is 11.5 Å². The van der Waals surface area contributed by atoms with Crippen molar-refractivity contribution in [3.05, 3.63) is 78.1 Å². The number of rotatable bonds is 8.